The number of methoxy groups -OCH3 is 1. The molecule has 98 valence electrons. The molecule has 2 aliphatic heterocycles. The van der Waals surface area contributed by atoms with Crippen LogP contribution in [-0.2, 0) is 9.47 Å². The second kappa shape index (κ2) is 4.52. The maximum atomic E-state index is 6.22. The zero-order chi connectivity index (χ0) is 12.0. The van der Waals surface area contributed by atoms with E-state index in [1.807, 2.05) is 7.11 Å². The average molecular weight is 240 g/mol. The molecule has 0 aromatic carbocycles. The Morgan fingerprint density at radius 2 is 1.94 bits per heavy atom. The molecule has 3 fully saturated rings. The van der Waals surface area contributed by atoms with E-state index < -0.39 is 0 Å². The third kappa shape index (κ3) is 2.02. The van der Waals surface area contributed by atoms with Crippen molar-refractivity contribution < 1.29 is 14.8 Å². The van der Waals surface area contributed by atoms with Crippen molar-refractivity contribution in [2.75, 3.05) is 7.11 Å². The number of rotatable bonds is 1. The molecule has 2 N–H and O–H groups in total. The molecule has 3 heteroatoms. The summed E-state index contributed by atoms with van der Waals surface area (Å²) in [5.41, 5.74) is 0. The minimum atomic E-state index is 0.461. The lowest BCUT2D eigenvalue weighted by molar-refractivity contribution is -0.745. The van der Waals surface area contributed by atoms with E-state index in [2.05, 4.69) is 19.2 Å². The number of fused-ring (bicyclic) bond motifs is 3. The van der Waals surface area contributed by atoms with Crippen molar-refractivity contribution in [2.24, 2.45) is 11.8 Å². The first-order valence-corrected chi connectivity index (χ1v) is 7.22. The fourth-order valence-electron chi connectivity index (χ4n) is 4.43. The standard InChI is InChI=1S/C14H25NO2/c1-8-6-11-9(2)15-13-5-4-10(16-3)7-12(13)14(11)17-8/h8-15H,4-7H2,1-3H3/p+1/t8-,9?,10?,11?,12?,13?,14?/m1/s1. The second-order valence-electron chi connectivity index (χ2n) is 6.36. The predicted octanol–water partition coefficient (Wildman–Crippen LogP) is 0.929. The van der Waals surface area contributed by atoms with Crippen LogP contribution in [0.3, 0.4) is 0 Å². The Hall–Kier alpha value is -0.120. The number of hydrogen-bond acceptors (Lipinski definition) is 2. The molecule has 0 aromatic heterocycles. The largest absolute Gasteiger partial charge is 0.381 e. The molecule has 2 heterocycles. The van der Waals surface area contributed by atoms with Gasteiger partial charge in [0.15, 0.2) is 0 Å². The SMILES string of the molecule is COC1CCC2[NH2+]C(C)C3C[C@@H](C)OC3C2C1. The molecule has 17 heavy (non-hydrogen) atoms. The van der Waals surface area contributed by atoms with Crippen molar-refractivity contribution in [2.45, 2.75) is 69.9 Å². The maximum Gasteiger partial charge on any atom is 0.0916 e. The Morgan fingerprint density at radius 3 is 2.71 bits per heavy atom. The highest BCUT2D eigenvalue weighted by Crippen LogP contribution is 2.41. The van der Waals surface area contributed by atoms with E-state index in [-0.39, 0.29) is 0 Å². The van der Waals surface area contributed by atoms with E-state index in [1.165, 1.54) is 25.7 Å². The van der Waals surface area contributed by atoms with Crippen LogP contribution in [-0.4, -0.2) is 37.5 Å². The van der Waals surface area contributed by atoms with Crippen LogP contribution in [0, 0.1) is 11.8 Å². The zero-order valence-electron chi connectivity index (χ0n) is 11.3. The minimum absolute atomic E-state index is 0.461. The highest BCUT2D eigenvalue weighted by molar-refractivity contribution is 4.96. The monoisotopic (exact) mass is 240 g/mol. The first kappa shape index (κ1) is 11.9. The molecule has 7 atom stereocenters. The van der Waals surface area contributed by atoms with Crippen LogP contribution in [0.25, 0.3) is 0 Å². The van der Waals surface area contributed by atoms with Crippen molar-refractivity contribution in [3.63, 3.8) is 0 Å². The van der Waals surface area contributed by atoms with Crippen molar-refractivity contribution in [3.8, 4) is 0 Å². The first-order valence-electron chi connectivity index (χ1n) is 7.22. The van der Waals surface area contributed by atoms with Crippen molar-refractivity contribution in [1.82, 2.24) is 0 Å². The molecule has 3 aliphatic rings. The van der Waals surface area contributed by atoms with Gasteiger partial charge in [0.2, 0.25) is 0 Å². The molecular formula is C14H26NO2+. The molecule has 0 amide bonds. The van der Waals surface area contributed by atoms with Crippen LogP contribution >= 0.6 is 0 Å². The summed E-state index contributed by atoms with van der Waals surface area (Å²) in [6.45, 7) is 4.62. The van der Waals surface area contributed by atoms with E-state index >= 15 is 0 Å². The average Bonchev–Trinajstić information content (AvgIpc) is 2.72. The number of nitrogens with two attached hydrogens (primary N) is 1. The van der Waals surface area contributed by atoms with Crippen molar-refractivity contribution >= 4 is 0 Å². The number of ether oxygens (including phenoxy) is 2. The second-order valence-corrected chi connectivity index (χ2v) is 6.36. The lowest BCUT2D eigenvalue weighted by Crippen LogP contribution is -3.00. The van der Waals surface area contributed by atoms with E-state index in [1.54, 1.807) is 0 Å². The van der Waals surface area contributed by atoms with Gasteiger partial charge in [0, 0.05) is 25.4 Å². The van der Waals surface area contributed by atoms with Gasteiger partial charge in [0.25, 0.3) is 0 Å². The molecule has 6 unspecified atom stereocenters. The predicted molar refractivity (Wildman–Crippen MR) is 65.8 cm³/mol. The van der Waals surface area contributed by atoms with Crippen LogP contribution in [0.4, 0.5) is 0 Å². The van der Waals surface area contributed by atoms with E-state index in [4.69, 9.17) is 9.47 Å². The van der Waals surface area contributed by atoms with Crippen LogP contribution < -0.4 is 5.32 Å². The molecule has 2 saturated heterocycles. The van der Waals surface area contributed by atoms with Gasteiger partial charge in [-0.3, -0.25) is 0 Å². The molecule has 0 radical (unpaired) electrons. The molecule has 3 nitrogen and oxygen atoms in total. The smallest absolute Gasteiger partial charge is 0.0916 e. The fraction of sp³-hybridized carbons (Fsp3) is 1.00. The van der Waals surface area contributed by atoms with Gasteiger partial charge in [-0.15, -0.1) is 0 Å². The topological polar surface area (TPSA) is 35.1 Å². The van der Waals surface area contributed by atoms with Gasteiger partial charge in [-0.05, 0) is 33.1 Å². The summed E-state index contributed by atoms with van der Waals surface area (Å²) < 4.78 is 11.8. The van der Waals surface area contributed by atoms with Gasteiger partial charge in [-0.1, -0.05) is 0 Å². The summed E-state index contributed by atoms with van der Waals surface area (Å²) in [6, 6.07) is 1.52. The number of quaternary nitrogens is 1. The normalized spacial score (nSPS) is 54.2. The Bertz CT molecular complexity index is 283. The third-order valence-electron chi connectivity index (χ3n) is 5.30. The molecular weight excluding hydrogens is 214 g/mol. The Labute approximate surface area is 104 Å². The van der Waals surface area contributed by atoms with Gasteiger partial charge >= 0.3 is 0 Å². The highest BCUT2D eigenvalue weighted by atomic mass is 16.5. The first-order chi connectivity index (χ1) is 8.19. The van der Waals surface area contributed by atoms with E-state index in [9.17, 15) is 0 Å². The molecule has 0 bridgehead atoms. The molecule has 0 spiro atoms. The summed E-state index contributed by atoms with van der Waals surface area (Å²) in [7, 11) is 1.86. The van der Waals surface area contributed by atoms with Crippen LogP contribution in [0.2, 0.25) is 0 Å². The van der Waals surface area contributed by atoms with Gasteiger partial charge in [-0.25, -0.2) is 0 Å². The Morgan fingerprint density at radius 1 is 1.12 bits per heavy atom. The summed E-state index contributed by atoms with van der Waals surface area (Å²) in [6.07, 6.45) is 6.43. The fourth-order valence-corrected chi connectivity index (χ4v) is 4.43. The van der Waals surface area contributed by atoms with Crippen molar-refractivity contribution in [3.05, 3.63) is 0 Å². The van der Waals surface area contributed by atoms with Crippen LogP contribution in [0.15, 0.2) is 0 Å². The third-order valence-corrected chi connectivity index (χ3v) is 5.30. The summed E-state index contributed by atoms with van der Waals surface area (Å²) in [5.74, 6) is 1.49. The molecule has 1 saturated carbocycles. The summed E-state index contributed by atoms with van der Waals surface area (Å²) >= 11 is 0. The minimum Gasteiger partial charge on any atom is -0.381 e. The number of hydrogen-bond donors (Lipinski definition) is 1. The summed E-state index contributed by atoms with van der Waals surface area (Å²) in [5, 5.41) is 2.62. The Balaban J connectivity index is 1.77. The van der Waals surface area contributed by atoms with Gasteiger partial charge in [-0.2, -0.15) is 0 Å². The lowest BCUT2D eigenvalue weighted by Gasteiger charge is -2.44. The Kier molecular flexibility index (Phi) is 3.18. The lowest BCUT2D eigenvalue weighted by atomic mass is 9.70. The molecule has 0 aromatic rings. The zero-order valence-corrected chi connectivity index (χ0v) is 11.3. The quantitative estimate of drug-likeness (QED) is 0.740. The maximum absolute atomic E-state index is 6.22. The summed E-state index contributed by atoms with van der Waals surface area (Å²) in [4.78, 5) is 0. The van der Waals surface area contributed by atoms with Gasteiger partial charge in [0.1, 0.15) is 0 Å². The van der Waals surface area contributed by atoms with Crippen molar-refractivity contribution in [1.29, 1.82) is 0 Å². The van der Waals surface area contributed by atoms with E-state index in [0.717, 1.165) is 23.9 Å². The van der Waals surface area contributed by atoms with Gasteiger partial charge in [0.05, 0.1) is 30.4 Å². The van der Waals surface area contributed by atoms with E-state index in [0.29, 0.717) is 18.3 Å². The highest BCUT2D eigenvalue weighted by Gasteiger charge is 2.52. The number of piperidine rings is 1. The molecule has 3 rings (SSSR count). The molecule has 1 aliphatic carbocycles. The van der Waals surface area contributed by atoms with Crippen LogP contribution in [0.5, 0.6) is 0 Å². The van der Waals surface area contributed by atoms with Gasteiger partial charge < -0.3 is 14.8 Å². The van der Waals surface area contributed by atoms with Crippen LogP contribution in [0.1, 0.15) is 39.5 Å².